The lowest BCUT2D eigenvalue weighted by Gasteiger charge is -2.30. The molecular weight excluding hydrogens is 342 g/mol. The Balaban J connectivity index is 2.08. The summed E-state index contributed by atoms with van der Waals surface area (Å²) < 4.78 is 11.4. The molecular formula is C21H32N3O3+. The number of ether oxygens (including phenoxy) is 2. The van der Waals surface area contributed by atoms with Gasteiger partial charge in [0.15, 0.2) is 18.0 Å². The quantitative estimate of drug-likeness (QED) is 0.723. The monoisotopic (exact) mass is 374 g/mol. The molecule has 2 atom stereocenters. The third-order valence-electron chi connectivity index (χ3n) is 5.25. The van der Waals surface area contributed by atoms with Crippen LogP contribution in [0.1, 0.15) is 45.7 Å². The SMILES string of the molecule is CCOc1cc2c(cc1OCC)C[NH+](CC(=O)N[C@](C)(C#N)C(C)C)CC2. The second-order valence-corrected chi connectivity index (χ2v) is 7.55. The Bertz CT molecular complexity index is 711. The molecule has 0 aromatic heterocycles. The number of nitriles is 1. The highest BCUT2D eigenvalue weighted by molar-refractivity contribution is 5.78. The first-order valence-electron chi connectivity index (χ1n) is 9.80. The first kappa shape index (κ1) is 21.0. The molecule has 0 saturated carbocycles. The maximum atomic E-state index is 12.5. The molecule has 0 radical (unpaired) electrons. The van der Waals surface area contributed by atoms with Crippen LogP contribution in [0.5, 0.6) is 11.5 Å². The fourth-order valence-corrected chi connectivity index (χ4v) is 3.26. The molecule has 27 heavy (non-hydrogen) atoms. The van der Waals surface area contributed by atoms with Gasteiger partial charge in [-0.2, -0.15) is 5.26 Å². The molecule has 1 unspecified atom stereocenters. The minimum Gasteiger partial charge on any atom is -0.490 e. The van der Waals surface area contributed by atoms with Gasteiger partial charge in [0.05, 0.1) is 25.8 Å². The van der Waals surface area contributed by atoms with Crippen molar-refractivity contribution in [1.29, 1.82) is 5.26 Å². The van der Waals surface area contributed by atoms with Gasteiger partial charge in [0, 0.05) is 12.0 Å². The number of carbonyl (C=O) groups excluding carboxylic acids is 1. The molecule has 2 N–H and O–H groups in total. The molecule has 148 valence electrons. The van der Waals surface area contributed by atoms with Crippen LogP contribution in [0.25, 0.3) is 0 Å². The number of amides is 1. The van der Waals surface area contributed by atoms with Gasteiger partial charge in [0.25, 0.3) is 5.91 Å². The van der Waals surface area contributed by atoms with Crippen molar-refractivity contribution in [2.75, 3.05) is 26.3 Å². The number of nitrogens with zero attached hydrogens (tertiary/aromatic N) is 1. The maximum absolute atomic E-state index is 12.5. The fourth-order valence-electron chi connectivity index (χ4n) is 3.26. The zero-order valence-corrected chi connectivity index (χ0v) is 17.1. The van der Waals surface area contributed by atoms with Gasteiger partial charge in [-0.3, -0.25) is 4.79 Å². The minimum atomic E-state index is -0.835. The average Bonchev–Trinajstić information content (AvgIpc) is 2.62. The molecule has 1 aliphatic rings. The van der Waals surface area contributed by atoms with Crippen molar-refractivity contribution < 1.29 is 19.2 Å². The molecule has 0 aliphatic carbocycles. The van der Waals surface area contributed by atoms with Crippen LogP contribution in [0.4, 0.5) is 0 Å². The van der Waals surface area contributed by atoms with Crippen LogP contribution in [0.3, 0.4) is 0 Å². The first-order chi connectivity index (χ1) is 12.8. The van der Waals surface area contributed by atoms with Gasteiger partial charge in [0.1, 0.15) is 12.1 Å². The Labute approximate surface area is 162 Å². The molecule has 1 heterocycles. The van der Waals surface area contributed by atoms with E-state index in [4.69, 9.17) is 9.47 Å². The van der Waals surface area contributed by atoms with E-state index in [1.165, 1.54) is 16.0 Å². The van der Waals surface area contributed by atoms with Crippen LogP contribution < -0.4 is 19.7 Å². The van der Waals surface area contributed by atoms with Gasteiger partial charge in [-0.15, -0.1) is 0 Å². The zero-order chi connectivity index (χ0) is 20.0. The second kappa shape index (κ2) is 9.09. The summed E-state index contributed by atoms with van der Waals surface area (Å²) in [5.74, 6) is 1.53. The average molecular weight is 375 g/mol. The highest BCUT2D eigenvalue weighted by Gasteiger charge is 2.32. The van der Waals surface area contributed by atoms with E-state index < -0.39 is 5.54 Å². The van der Waals surface area contributed by atoms with Crippen molar-refractivity contribution >= 4 is 5.91 Å². The number of carbonyl (C=O) groups is 1. The molecule has 0 spiro atoms. The summed E-state index contributed by atoms with van der Waals surface area (Å²) in [7, 11) is 0. The van der Waals surface area contributed by atoms with Crippen molar-refractivity contribution in [3.63, 3.8) is 0 Å². The Morgan fingerprint density at radius 3 is 2.37 bits per heavy atom. The second-order valence-electron chi connectivity index (χ2n) is 7.55. The van der Waals surface area contributed by atoms with Crippen LogP contribution in [0.15, 0.2) is 12.1 Å². The van der Waals surface area contributed by atoms with Gasteiger partial charge in [0.2, 0.25) is 0 Å². The summed E-state index contributed by atoms with van der Waals surface area (Å²) in [5, 5.41) is 12.3. The van der Waals surface area contributed by atoms with E-state index in [0.717, 1.165) is 31.0 Å². The lowest BCUT2D eigenvalue weighted by atomic mass is 9.90. The van der Waals surface area contributed by atoms with Crippen LogP contribution in [-0.4, -0.2) is 37.7 Å². The first-order valence-corrected chi connectivity index (χ1v) is 9.80. The van der Waals surface area contributed by atoms with Crippen LogP contribution in [0.2, 0.25) is 0 Å². The van der Waals surface area contributed by atoms with E-state index in [1.807, 2.05) is 27.7 Å². The number of fused-ring (bicyclic) bond motifs is 1. The standard InChI is InChI=1S/C21H31N3O3/c1-6-26-18-10-16-8-9-24(12-17(16)11-19(18)27-7-2)13-20(25)23-21(5,14-22)15(3)4/h10-11,15H,6-9,12-13H2,1-5H3,(H,23,25)/p+1/t21-/m1/s1. The maximum Gasteiger partial charge on any atom is 0.276 e. The largest absolute Gasteiger partial charge is 0.490 e. The highest BCUT2D eigenvalue weighted by atomic mass is 16.5. The summed E-state index contributed by atoms with van der Waals surface area (Å²) in [4.78, 5) is 13.7. The van der Waals surface area contributed by atoms with Crippen molar-refractivity contribution in [3.8, 4) is 17.6 Å². The molecule has 6 nitrogen and oxygen atoms in total. The molecule has 1 aliphatic heterocycles. The fraction of sp³-hybridized carbons (Fsp3) is 0.619. The predicted molar refractivity (Wildman–Crippen MR) is 104 cm³/mol. The molecule has 6 heteroatoms. The van der Waals surface area contributed by atoms with Crippen molar-refractivity contribution in [2.24, 2.45) is 5.92 Å². The molecule has 2 rings (SSSR count). The normalized spacial score (nSPS) is 18.2. The Morgan fingerprint density at radius 2 is 1.85 bits per heavy atom. The summed E-state index contributed by atoms with van der Waals surface area (Å²) in [6, 6.07) is 6.36. The summed E-state index contributed by atoms with van der Waals surface area (Å²) in [5.41, 5.74) is 1.62. The smallest absolute Gasteiger partial charge is 0.276 e. The minimum absolute atomic E-state index is 0.0502. The number of benzene rings is 1. The van der Waals surface area contributed by atoms with Crippen LogP contribution >= 0.6 is 0 Å². The van der Waals surface area contributed by atoms with E-state index in [-0.39, 0.29) is 11.8 Å². The number of quaternary nitrogens is 1. The lowest BCUT2D eigenvalue weighted by Crippen LogP contribution is -3.13. The van der Waals surface area contributed by atoms with E-state index >= 15 is 0 Å². The summed E-state index contributed by atoms with van der Waals surface area (Å²) >= 11 is 0. The molecule has 1 amide bonds. The number of hydrogen-bond donors (Lipinski definition) is 2. The van der Waals surface area contributed by atoms with E-state index in [2.05, 4.69) is 23.5 Å². The molecule has 0 fully saturated rings. The number of rotatable bonds is 8. The molecule has 1 aromatic rings. The Morgan fingerprint density at radius 1 is 1.26 bits per heavy atom. The number of hydrogen-bond acceptors (Lipinski definition) is 4. The molecule has 1 aromatic carbocycles. The molecule has 0 saturated heterocycles. The van der Waals surface area contributed by atoms with Crippen molar-refractivity contribution in [1.82, 2.24) is 5.32 Å². The topological polar surface area (TPSA) is 75.8 Å². The Kier molecular flexibility index (Phi) is 7.09. The van der Waals surface area contributed by atoms with E-state index in [0.29, 0.717) is 19.8 Å². The summed E-state index contributed by atoms with van der Waals surface area (Å²) in [6.07, 6.45) is 0.893. The van der Waals surface area contributed by atoms with Crippen molar-refractivity contribution in [3.05, 3.63) is 23.3 Å². The van der Waals surface area contributed by atoms with Crippen LogP contribution in [-0.2, 0) is 17.8 Å². The number of nitrogens with one attached hydrogen (secondary N) is 2. The van der Waals surface area contributed by atoms with Gasteiger partial charge in [-0.05, 0) is 44.4 Å². The van der Waals surface area contributed by atoms with E-state index in [9.17, 15) is 10.1 Å². The highest BCUT2D eigenvalue weighted by Crippen LogP contribution is 2.32. The molecule has 0 bridgehead atoms. The van der Waals surface area contributed by atoms with Gasteiger partial charge >= 0.3 is 0 Å². The van der Waals surface area contributed by atoms with Gasteiger partial charge < -0.3 is 19.7 Å². The summed E-state index contributed by atoms with van der Waals surface area (Å²) in [6.45, 7) is 12.8. The zero-order valence-electron chi connectivity index (χ0n) is 17.1. The van der Waals surface area contributed by atoms with Crippen LogP contribution in [0, 0.1) is 17.2 Å². The third-order valence-corrected chi connectivity index (χ3v) is 5.25. The third kappa shape index (κ3) is 5.14. The lowest BCUT2D eigenvalue weighted by molar-refractivity contribution is -0.908. The van der Waals surface area contributed by atoms with Gasteiger partial charge in [-0.1, -0.05) is 13.8 Å². The van der Waals surface area contributed by atoms with Gasteiger partial charge in [-0.25, -0.2) is 0 Å². The predicted octanol–water partition coefficient (Wildman–Crippen LogP) is 1.48. The Hall–Kier alpha value is -2.26. The van der Waals surface area contributed by atoms with E-state index in [1.54, 1.807) is 6.92 Å². The van der Waals surface area contributed by atoms with Crippen molar-refractivity contribution in [2.45, 2.75) is 53.1 Å².